The van der Waals surface area contributed by atoms with Gasteiger partial charge in [0.05, 0.1) is 5.69 Å². The van der Waals surface area contributed by atoms with E-state index in [4.69, 9.17) is 0 Å². The van der Waals surface area contributed by atoms with Crippen LogP contribution in [0.4, 0.5) is 4.39 Å². The molecule has 0 aliphatic carbocycles. The normalized spacial score (nSPS) is 20.1. The molecule has 2 aromatic heterocycles. The molecular formula is C28H34FN3S. The lowest BCUT2D eigenvalue weighted by atomic mass is 9.90. The van der Waals surface area contributed by atoms with E-state index < -0.39 is 0 Å². The second-order valence-corrected chi connectivity index (χ2v) is 10.3. The zero-order valence-corrected chi connectivity index (χ0v) is 20.7. The van der Waals surface area contributed by atoms with Gasteiger partial charge in [0.2, 0.25) is 0 Å². The maximum Gasteiger partial charge on any atom is 0.123 e. The van der Waals surface area contributed by atoms with Crippen molar-refractivity contribution >= 4 is 17.3 Å². The van der Waals surface area contributed by atoms with Gasteiger partial charge in [0.1, 0.15) is 5.82 Å². The molecule has 1 unspecified atom stereocenters. The van der Waals surface area contributed by atoms with Crippen LogP contribution in [-0.4, -0.2) is 45.0 Å². The Morgan fingerprint density at radius 1 is 1.06 bits per heavy atom. The molecule has 1 fully saturated rings. The zero-order valence-electron chi connectivity index (χ0n) is 19.9. The highest BCUT2D eigenvalue weighted by Crippen LogP contribution is 2.41. The number of aromatic nitrogens is 2. The molecule has 5 rings (SSSR count). The summed E-state index contributed by atoms with van der Waals surface area (Å²) in [4.78, 5) is 10.3. The fourth-order valence-electron chi connectivity index (χ4n) is 4.82. The molecule has 1 N–H and O–H groups in total. The summed E-state index contributed by atoms with van der Waals surface area (Å²) in [6.07, 6.45) is 11.8. The number of halogens is 1. The Morgan fingerprint density at radius 2 is 1.79 bits per heavy atom. The third-order valence-electron chi connectivity index (χ3n) is 6.20. The van der Waals surface area contributed by atoms with Gasteiger partial charge >= 0.3 is 0 Å². The number of fused-ring (bicyclic) bond motifs is 1. The Labute approximate surface area is 201 Å². The van der Waals surface area contributed by atoms with Gasteiger partial charge in [-0.25, -0.2) is 4.39 Å². The molecule has 2 atom stereocenters. The standard InChI is InChI=1S/C25H26FN3S.C3H8/c1-2-30-22-14-21-13-19(9-12-29(21)16-22)23-15-28-25(18-3-5-20(26)6-4-18)24(23)17-7-10-27-11-8-17;1-3-2/h3-8,10-11,13,15,21-22,28H,2,9,12,14,16H2,1H3;3H2,1-2H3/t21-,22?;/m1./s1. The first-order chi connectivity index (χ1) is 16.1. The van der Waals surface area contributed by atoms with Crippen LogP contribution in [0.15, 0.2) is 61.1 Å². The Hall–Kier alpha value is -2.37. The molecule has 0 saturated carbocycles. The van der Waals surface area contributed by atoms with Gasteiger partial charge in [-0.15, -0.1) is 0 Å². The predicted molar refractivity (Wildman–Crippen MR) is 140 cm³/mol. The van der Waals surface area contributed by atoms with Crippen molar-refractivity contribution in [2.45, 2.75) is 51.3 Å². The SMILES string of the molecule is CCC.CCSC1C[C@H]2C=C(c3c[nH]c(-c4ccc(F)cc4)c3-c3ccncc3)CCN2C1. The van der Waals surface area contributed by atoms with E-state index in [1.807, 2.05) is 24.5 Å². The number of hydrogen-bond donors (Lipinski definition) is 1. The number of thioether (sulfide) groups is 1. The molecule has 3 nitrogen and oxygen atoms in total. The van der Waals surface area contributed by atoms with Crippen molar-refractivity contribution in [3.8, 4) is 22.4 Å². The van der Waals surface area contributed by atoms with Crippen molar-refractivity contribution < 1.29 is 4.39 Å². The van der Waals surface area contributed by atoms with E-state index in [2.05, 4.69) is 71.8 Å². The first-order valence-corrected chi connectivity index (χ1v) is 13.1. The fraction of sp³-hybridized carbons (Fsp3) is 0.393. The summed E-state index contributed by atoms with van der Waals surface area (Å²) in [5, 5.41) is 0.747. The van der Waals surface area contributed by atoms with Crippen LogP contribution in [-0.2, 0) is 0 Å². The summed E-state index contributed by atoms with van der Waals surface area (Å²) in [5.41, 5.74) is 7.01. The van der Waals surface area contributed by atoms with E-state index in [9.17, 15) is 4.39 Å². The molecular weight excluding hydrogens is 429 g/mol. The second kappa shape index (κ2) is 11.2. The van der Waals surface area contributed by atoms with Gasteiger partial charge in [-0.2, -0.15) is 11.8 Å². The number of nitrogens with one attached hydrogen (secondary N) is 1. The zero-order chi connectivity index (χ0) is 23.2. The molecule has 1 saturated heterocycles. The minimum Gasteiger partial charge on any atom is -0.360 e. The first-order valence-electron chi connectivity index (χ1n) is 12.1. The molecule has 3 aromatic rings. The van der Waals surface area contributed by atoms with Gasteiger partial charge in [0, 0.05) is 54.1 Å². The van der Waals surface area contributed by atoms with Crippen molar-refractivity contribution in [2.24, 2.45) is 0 Å². The van der Waals surface area contributed by atoms with Gasteiger partial charge in [-0.1, -0.05) is 33.3 Å². The number of rotatable bonds is 5. The van der Waals surface area contributed by atoms with Crippen molar-refractivity contribution in [3.05, 3.63) is 72.4 Å². The molecule has 33 heavy (non-hydrogen) atoms. The van der Waals surface area contributed by atoms with Crippen LogP contribution >= 0.6 is 11.8 Å². The molecule has 5 heteroatoms. The number of hydrogen-bond acceptors (Lipinski definition) is 3. The average molecular weight is 464 g/mol. The minimum absolute atomic E-state index is 0.216. The highest BCUT2D eigenvalue weighted by atomic mass is 32.2. The Kier molecular flexibility index (Phi) is 8.05. The number of benzene rings is 1. The topological polar surface area (TPSA) is 31.9 Å². The first kappa shape index (κ1) is 23.8. The largest absolute Gasteiger partial charge is 0.360 e. The summed E-state index contributed by atoms with van der Waals surface area (Å²) in [6.45, 7) is 8.82. The van der Waals surface area contributed by atoms with E-state index in [0.29, 0.717) is 6.04 Å². The second-order valence-electron chi connectivity index (χ2n) is 8.72. The van der Waals surface area contributed by atoms with Gasteiger partial charge in [-0.05, 0) is 71.7 Å². The number of aromatic amines is 1. The Balaban J connectivity index is 0.000000821. The summed E-state index contributed by atoms with van der Waals surface area (Å²) in [5.74, 6) is 0.971. The highest BCUT2D eigenvalue weighted by molar-refractivity contribution is 7.99. The van der Waals surface area contributed by atoms with E-state index in [-0.39, 0.29) is 5.82 Å². The third kappa shape index (κ3) is 5.42. The van der Waals surface area contributed by atoms with E-state index >= 15 is 0 Å². The van der Waals surface area contributed by atoms with Crippen LogP contribution in [0.5, 0.6) is 0 Å². The Morgan fingerprint density at radius 3 is 2.48 bits per heavy atom. The molecule has 174 valence electrons. The number of H-pyrrole nitrogens is 1. The summed E-state index contributed by atoms with van der Waals surface area (Å²) in [6, 6.07) is 11.4. The lowest BCUT2D eigenvalue weighted by Gasteiger charge is -2.28. The van der Waals surface area contributed by atoms with Gasteiger partial charge in [-0.3, -0.25) is 9.88 Å². The monoisotopic (exact) mass is 463 g/mol. The van der Waals surface area contributed by atoms with Gasteiger partial charge in [0.15, 0.2) is 0 Å². The summed E-state index contributed by atoms with van der Waals surface area (Å²) >= 11 is 2.09. The third-order valence-corrected chi connectivity index (χ3v) is 7.35. The smallest absolute Gasteiger partial charge is 0.123 e. The van der Waals surface area contributed by atoms with Gasteiger partial charge in [0.25, 0.3) is 0 Å². The maximum atomic E-state index is 13.5. The highest BCUT2D eigenvalue weighted by Gasteiger charge is 2.34. The van der Waals surface area contributed by atoms with Crippen LogP contribution < -0.4 is 0 Å². The van der Waals surface area contributed by atoms with E-state index in [1.54, 1.807) is 0 Å². The van der Waals surface area contributed by atoms with Gasteiger partial charge < -0.3 is 4.98 Å². The molecule has 0 radical (unpaired) electrons. The molecule has 4 heterocycles. The van der Waals surface area contributed by atoms with Crippen molar-refractivity contribution in [3.63, 3.8) is 0 Å². The quantitative estimate of drug-likeness (QED) is 0.431. The Bertz CT molecular complexity index is 1060. The summed E-state index contributed by atoms with van der Waals surface area (Å²) in [7, 11) is 0. The number of nitrogens with zero attached hydrogens (tertiary/aromatic N) is 2. The lowest BCUT2D eigenvalue weighted by Crippen LogP contribution is -2.32. The van der Waals surface area contributed by atoms with Crippen molar-refractivity contribution in [1.82, 2.24) is 14.9 Å². The number of pyridine rings is 1. The molecule has 0 bridgehead atoms. The van der Waals surface area contributed by atoms with E-state index in [1.165, 1.54) is 54.0 Å². The maximum absolute atomic E-state index is 13.5. The predicted octanol–water partition coefficient (Wildman–Crippen LogP) is 7.28. The molecule has 2 aliphatic rings. The van der Waals surface area contributed by atoms with Crippen LogP contribution in [0.25, 0.3) is 28.0 Å². The van der Waals surface area contributed by atoms with Crippen molar-refractivity contribution in [1.29, 1.82) is 0 Å². The molecule has 0 amide bonds. The molecule has 0 spiro atoms. The van der Waals surface area contributed by atoms with Crippen molar-refractivity contribution in [2.75, 3.05) is 18.8 Å². The fourth-order valence-corrected chi connectivity index (χ4v) is 5.92. The van der Waals surface area contributed by atoms with Crippen LogP contribution in [0.3, 0.4) is 0 Å². The average Bonchev–Trinajstić information content (AvgIpc) is 3.44. The molecule has 1 aromatic carbocycles. The lowest BCUT2D eigenvalue weighted by molar-refractivity contribution is 0.288. The summed E-state index contributed by atoms with van der Waals surface area (Å²) < 4.78 is 13.5. The molecule has 2 aliphatic heterocycles. The minimum atomic E-state index is -0.216. The van der Waals surface area contributed by atoms with Crippen LogP contribution in [0.1, 0.15) is 45.6 Å². The van der Waals surface area contributed by atoms with Crippen LogP contribution in [0.2, 0.25) is 0 Å². The van der Waals surface area contributed by atoms with E-state index in [0.717, 1.165) is 35.0 Å². The van der Waals surface area contributed by atoms with Crippen LogP contribution in [0, 0.1) is 5.82 Å².